The molecule has 0 unspecified atom stereocenters. The number of benzene rings is 2. The average molecular weight is 346 g/mol. The third-order valence-electron chi connectivity index (χ3n) is 4.17. The third kappa shape index (κ3) is 2.83. The Bertz CT molecular complexity index is 1020. The highest BCUT2D eigenvalue weighted by Gasteiger charge is 2.19. The van der Waals surface area contributed by atoms with Crippen molar-refractivity contribution in [2.45, 2.75) is 19.8 Å². The first-order chi connectivity index (χ1) is 12.6. The number of nitrogen functional groups attached to an aromatic ring is 1. The van der Waals surface area contributed by atoms with Crippen LogP contribution in [-0.4, -0.2) is 25.1 Å². The molecule has 0 atom stereocenters. The fourth-order valence-electron chi connectivity index (χ4n) is 2.66. The van der Waals surface area contributed by atoms with E-state index >= 15 is 0 Å². The lowest BCUT2D eigenvalue weighted by Gasteiger charge is -2.07. The lowest BCUT2D eigenvalue weighted by Crippen LogP contribution is -2.02. The summed E-state index contributed by atoms with van der Waals surface area (Å²) in [5, 5.41) is 12.2. The van der Waals surface area contributed by atoms with Gasteiger partial charge in [-0.2, -0.15) is 9.67 Å². The molecule has 2 aromatic carbocycles. The minimum atomic E-state index is 0.242. The van der Waals surface area contributed by atoms with Crippen LogP contribution in [0.15, 0.2) is 59.1 Å². The maximum absolute atomic E-state index is 6.22. The van der Waals surface area contributed by atoms with Crippen LogP contribution in [0.1, 0.15) is 25.3 Å². The van der Waals surface area contributed by atoms with Crippen molar-refractivity contribution in [2.24, 2.45) is 0 Å². The first-order valence-electron chi connectivity index (χ1n) is 8.34. The summed E-state index contributed by atoms with van der Waals surface area (Å²) in [7, 11) is 0. The monoisotopic (exact) mass is 346 g/mol. The van der Waals surface area contributed by atoms with Crippen molar-refractivity contribution in [1.82, 2.24) is 25.1 Å². The Labute approximate surface area is 150 Å². The maximum Gasteiger partial charge on any atom is 0.282 e. The maximum atomic E-state index is 6.22. The van der Waals surface area contributed by atoms with E-state index in [4.69, 9.17) is 10.3 Å². The van der Waals surface area contributed by atoms with Crippen molar-refractivity contribution in [3.63, 3.8) is 0 Å². The van der Waals surface area contributed by atoms with E-state index < -0.39 is 0 Å². The van der Waals surface area contributed by atoms with Gasteiger partial charge in [-0.1, -0.05) is 66.7 Å². The van der Waals surface area contributed by atoms with Crippen LogP contribution in [0.5, 0.6) is 0 Å². The Morgan fingerprint density at radius 1 is 1.00 bits per heavy atom. The summed E-state index contributed by atoms with van der Waals surface area (Å²) in [6.07, 6.45) is 0. The van der Waals surface area contributed by atoms with Crippen molar-refractivity contribution in [3.8, 4) is 28.7 Å². The average Bonchev–Trinajstić information content (AvgIpc) is 3.29. The molecule has 26 heavy (non-hydrogen) atoms. The van der Waals surface area contributed by atoms with Gasteiger partial charge in [0, 0.05) is 5.56 Å². The molecule has 0 radical (unpaired) electrons. The van der Waals surface area contributed by atoms with Gasteiger partial charge in [-0.05, 0) is 23.6 Å². The quantitative estimate of drug-likeness (QED) is 0.605. The third-order valence-corrected chi connectivity index (χ3v) is 4.17. The number of hydrogen-bond acceptors (Lipinski definition) is 6. The van der Waals surface area contributed by atoms with E-state index in [1.165, 1.54) is 5.56 Å². The van der Waals surface area contributed by atoms with Crippen molar-refractivity contribution < 1.29 is 4.52 Å². The number of aromatic nitrogens is 5. The predicted octanol–water partition coefficient (Wildman–Crippen LogP) is 3.69. The van der Waals surface area contributed by atoms with Crippen LogP contribution in [0.4, 0.5) is 5.82 Å². The molecule has 0 spiro atoms. The van der Waals surface area contributed by atoms with Crippen molar-refractivity contribution in [1.29, 1.82) is 0 Å². The van der Waals surface area contributed by atoms with Crippen LogP contribution >= 0.6 is 0 Å². The van der Waals surface area contributed by atoms with Gasteiger partial charge in [0.15, 0.2) is 11.5 Å². The first-order valence-corrected chi connectivity index (χ1v) is 8.34. The second-order valence-electron chi connectivity index (χ2n) is 6.27. The van der Waals surface area contributed by atoms with Gasteiger partial charge in [-0.25, -0.2) is 0 Å². The van der Waals surface area contributed by atoms with Crippen LogP contribution in [0.25, 0.3) is 28.7 Å². The summed E-state index contributed by atoms with van der Waals surface area (Å²) in [6, 6.07) is 17.6. The number of nitrogens with two attached hydrogens (primary N) is 1. The van der Waals surface area contributed by atoms with E-state index in [9.17, 15) is 0 Å². The first kappa shape index (κ1) is 16.0. The standard InChI is InChI=1S/C19H18N6O/c1-12(2)13-8-10-15(11-9-13)25-17(20)16(22-24-25)19-21-18(23-26-19)14-6-4-3-5-7-14/h3-12H,20H2,1-2H3. The van der Waals surface area contributed by atoms with Crippen LogP contribution < -0.4 is 5.73 Å². The fraction of sp³-hybridized carbons (Fsp3) is 0.158. The molecule has 4 rings (SSSR count). The van der Waals surface area contributed by atoms with Gasteiger partial charge < -0.3 is 10.3 Å². The van der Waals surface area contributed by atoms with Crippen molar-refractivity contribution >= 4 is 5.82 Å². The smallest absolute Gasteiger partial charge is 0.282 e. The summed E-state index contributed by atoms with van der Waals surface area (Å²) in [5.74, 6) is 1.54. The molecule has 2 heterocycles. The van der Waals surface area contributed by atoms with Gasteiger partial charge >= 0.3 is 0 Å². The zero-order chi connectivity index (χ0) is 18.1. The molecular weight excluding hydrogens is 328 g/mol. The van der Waals surface area contributed by atoms with Crippen molar-refractivity contribution in [2.75, 3.05) is 5.73 Å². The number of nitrogens with zero attached hydrogens (tertiary/aromatic N) is 5. The van der Waals surface area contributed by atoms with Gasteiger partial charge in [-0.15, -0.1) is 5.10 Å². The Balaban J connectivity index is 1.67. The second-order valence-corrected chi connectivity index (χ2v) is 6.27. The molecule has 0 bridgehead atoms. The Kier molecular flexibility index (Phi) is 3.96. The highest BCUT2D eigenvalue weighted by Crippen LogP contribution is 2.26. The number of hydrogen-bond donors (Lipinski definition) is 1. The largest absolute Gasteiger partial charge is 0.382 e. The van der Waals surface area contributed by atoms with Gasteiger partial charge in [-0.3, -0.25) is 0 Å². The van der Waals surface area contributed by atoms with Crippen LogP contribution in [0.2, 0.25) is 0 Å². The number of rotatable bonds is 4. The molecule has 130 valence electrons. The summed E-state index contributed by atoms with van der Waals surface area (Å²) in [4.78, 5) is 4.38. The van der Waals surface area contributed by atoms with E-state index in [0.29, 0.717) is 23.3 Å². The minimum absolute atomic E-state index is 0.242. The molecular formula is C19H18N6O. The normalized spacial score (nSPS) is 11.2. The van der Waals surface area contributed by atoms with Crippen LogP contribution in [-0.2, 0) is 0 Å². The molecule has 7 heteroatoms. The van der Waals surface area contributed by atoms with Gasteiger partial charge in [0.05, 0.1) is 5.69 Å². The van der Waals surface area contributed by atoms with E-state index in [-0.39, 0.29) is 5.89 Å². The van der Waals surface area contributed by atoms with E-state index in [1.54, 1.807) is 4.68 Å². The molecule has 0 saturated heterocycles. The summed E-state index contributed by atoms with van der Waals surface area (Å²) in [6.45, 7) is 4.30. The van der Waals surface area contributed by atoms with Crippen LogP contribution in [0.3, 0.4) is 0 Å². The topological polar surface area (TPSA) is 95.6 Å². The van der Waals surface area contributed by atoms with Gasteiger partial charge in [0.1, 0.15) is 0 Å². The highest BCUT2D eigenvalue weighted by molar-refractivity contribution is 5.66. The van der Waals surface area contributed by atoms with E-state index in [0.717, 1.165) is 11.3 Å². The second kappa shape index (κ2) is 6.44. The molecule has 0 saturated carbocycles. The SMILES string of the molecule is CC(C)c1ccc(-n2nnc(-c3nc(-c4ccccc4)no3)c2N)cc1. The molecule has 0 fully saturated rings. The number of anilines is 1. The molecule has 0 aliphatic heterocycles. The molecule has 0 aliphatic carbocycles. The van der Waals surface area contributed by atoms with Gasteiger partial charge in [0.25, 0.3) is 5.89 Å². The molecule has 0 amide bonds. The van der Waals surface area contributed by atoms with E-state index in [2.05, 4.69) is 46.4 Å². The Morgan fingerprint density at radius 3 is 2.42 bits per heavy atom. The molecule has 7 nitrogen and oxygen atoms in total. The zero-order valence-corrected chi connectivity index (χ0v) is 14.5. The Hall–Kier alpha value is -3.48. The minimum Gasteiger partial charge on any atom is -0.382 e. The zero-order valence-electron chi connectivity index (χ0n) is 14.5. The fourth-order valence-corrected chi connectivity index (χ4v) is 2.66. The lowest BCUT2D eigenvalue weighted by molar-refractivity contribution is 0.431. The lowest BCUT2D eigenvalue weighted by atomic mass is 10.0. The summed E-state index contributed by atoms with van der Waals surface area (Å²) in [5.41, 5.74) is 9.53. The predicted molar refractivity (Wildman–Crippen MR) is 98.6 cm³/mol. The molecule has 0 aliphatic rings. The summed E-state index contributed by atoms with van der Waals surface area (Å²) >= 11 is 0. The molecule has 2 aromatic heterocycles. The van der Waals surface area contributed by atoms with Crippen LogP contribution in [0, 0.1) is 0 Å². The van der Waals surface area contributed by atoms with Gasteiger partial charge in [0.2, 0.25) is 5.82 Å². The van der Waals surface area contributed by atoms with E-state index in [1.807, 2.05) is 42.5 Å². The summed E-state index contributed by atoms with van der Waals surface area (Å²) < 4.78 is 6.89. The molecule has 2 N–H and O–H groups in total. The van der Waals surface area contributed by atoms with Crippen molar-refractivity contribution in [3.05, 3.63) is 60.2 Å². The Morgan fingerprint density at radius 2 is 1.73 bits per heavy atom. The molecule has 4 aromatic rings. The highest BCUT2D eigenvalue weighted by atomic mass is 16.5.